The van der Waals surface area contributed by atoms with Gasteiger partial charge >= 0.3 is 5.97 Å². The van der Waals surface area contributed by atoms with Gasteiger partial charge in [0, 0.05) is 6.42 Å². The molecular formula is C10H12FNO4. The van der Waals surface area contributed by atoms with Gasteiger partial charge in [0.15, 0.2) is 6.04 Å². The molecular weight excluding hydrogens is 217 g/mol. The van der Waals surface area contributed by atoms with E-state index in [4.69, 9.17) is 10.4 Å². The van der Waals surface area contributed by atoms with E-state index in [0.29, 0.717) is 5.56 Å². The van der Waals surface area contributed by atoms with E-state index in [9.17, 15) is 9.18 Å². The maximum absolute atomic E-state index is 11.8. The van der Waals surface area contributed by atoms with Crippen molar-refractivity contribution in [3.05, 3.63) is 35.9 Å². The third kappa shape index (κ3) is 3.58. The first-order valence-corrected chi connectivity index (χ1v) is 4.58. The summed E-state index contributed by atoms with van der Waals surface area (Å²) in [6, 6.07) is 7.35. The van der Waals surface area contributed by atoms with Crippen molar-refractivity contribution in [3.8, 4) is 0 Å². The number of ether oxygens (including phenoxy) is 1. The Bertz CT molecular complexity index is 331. The second-order valence-electron chi connectivity index (χ2n) is 3.10. The topological polar surface area (TPSA) is 70.0 Å². The van der Waals surface area contributed by atoms with Crippen molar-refractivity contribution in [1.29, 1.82) is 0 Å². The number of nitrogens with zero attached hydrogens (tertiary/aromatic N) is 1. The molecule has 0 saturated carbocycles. The Labute approximate surface area is 91.6 Å². The summed E-state index contributed by atoms with van der Waals surface area (Å²) in [5.41, 5.74) is 0.705. The van der Waals surface area contributed by atoms with E-state index in [-0.39, 0.29) is 11.6 Å². The van der Waals surface area contributed by atoms with E-state index in [1.54, 1.807) is 30.3 Å². The lowest BCUT2D eigenvalue weighted by Crippen LogP contribution is -2.39. The standard InChI is InChI=1S/C10H12FNO4/c11-7-16-10(13)9(12(14)15)6-8-4-2-1-3-5-8/h1-5,9,14-15H,6-7H2/t9-/m0/s1. The van der Waals surface area contributed by atoms with Crippen molar-refractivity contribution >= 4 is 5.97 Å². The Morgan fingerprint density at radius 3 is 2.50 bits per heavy atom. The van der Waals surface area contributed by atoms with Gasteiger partial charge in [-0.05, 0) is 5.56 Å². The van der Waals surface area contributed by atoms with Gasteiger partial charge in [-0.2, -0.15) is 0 Å². The number of alkyl halides is 1. The summed E-state index contributed by atoms with van der Waals surface area (Å²) in [5, 5.41) is 17.4. The lowest BCUT2D eigenvalue weighted by atomic mass is 10.1. The van der Waals surface area contributed by atoms with Crippen molar-refractivity contribution in [1.82, 2.24) is 5.23 Å². The Balaban J connectivity index is 2.69. The monoisotopic (exact) mass is 229 g/mol. The van der Waals surface area contributed by atoms with Gasteiger partial charge in [-0.1, -0.05) is 35.6 Å². The third-order valence-corrected chi connectivity index (χ3v) is 2.02. The molecule has 0 unspecified atom stereocenters. The molecule has 0 aliphatic carbocycles. The summed E-state index contributed by atoms with van der Waals surface area (Å²) in [6.07, 6.45) is 0.0205. The van der Waals surface area contributed by atoms with Crippen molar-refractivity contribution in [2.75, 3.05) is 6.86 Å². The van der Waals surface area contributed by atoms with Crippen LogP contribution in [0.5, 0.6) is 0 Å². The highest BCUT2D eigenvalue weighted by Gasteiger charge is 2.26. The van der Waals surface area contributed by atoms with Crippen molar-refractivity contribution in [3.63, 3.8) is 0 Å². The summed E-state index contributed by atoms with van der Waals surface area (Å²) in [4.78, 5) is 11.2. The molecule has 0 saturated heterocycles. The normalized spacial score (nSPS) is 12.5. The molecule has 0 aliphatic heterocycles. The molecule has 0 heterocycles. The smallest absolute Gasteiger partial charge is 0.331 e. The fraction of sp³-hybridized carbons (Fsp3) is 0.300. The summed E-state index contributed by atoms with van der Waals surface area (Å²) in [5.74, 6) is -1.03. The Hall–Kier alpha value is -1.50. The van der Waals surface area contributed by atoms with Crippen LogP contribution in [0.25, 0.3) is 0 Å². The second-order valence-corrected chi connectivity index (χ2v) is 3.10. The molecule has 0 spiro atoms. The quantitative estimate of drug-likeness (QED) is 0.585. The highest BCUT2D eigenvalue weighted by Crippen LogP contribution is 2.08. The zero-order chi connectivity index (χ0) is 12.0. The molecule has 2 N–H and O–H groups in total. The van der Waals surface area contributed by atoms with Crippen LogP contribution in [0.15, 0.2) is 30.3 Å². The average molecular weight is 229 g/mol. The number of hydroxylamine groups is 2. The molecule has 6 heteroatoms. The number of hydrogen-bond donors (Lipinski definition) is 2. The van der Waals surface area contributed by atoms with E-state index in [2.05, 4.69) is 4.74 Å². The molecule has 0 aromatic heterocycles. The van der Waals surface area contributed by atoms with Crippen LogP contribution in [-0.4, -0.2) is 34.5 Å². The third-order valence-electron chi connectivity index (χ3n) is 2.02. The summed E-state index contributed by atoms with van der Waals surface area (Å²) >= 11 is 0. The van der Waals surface area contributed by atoms with Gasteiger partial charge in [-0.25, -0.2) is 4.39 Å². The molecule has 0 fully saturated rings. The number of benzene rings is 1. The Morgan fingerprint density at radius 2 is 2.00 bits per heavy atom. The van der Waals surface area contributed by atoms with Crippen molar-refractivity contribution in [2.45, 2.75) is 12.5 Å². The SMILES string of the molecule is O=C(OCF)[C@H](Cc1ccccc1)N(O)O. The van der Waals surface area contributed by atoms with Crippen LogP contribution in [0, 0.1) is 0 Å². The highest BCUT2D eigenvalue weighted by molar-refractivity contribution is 5.75. The number of esters is 1. The van der Waals surface area contributed by atoms with E-state index < -0.39 is 18.9 Å². The van der Waals surface area contributed by atoms with Crippen LogP contribution in [0.2, 0.25) is 0 Å². The predicted octanol–water partition coefficient (Wildman–Crippen LogP) is 1.15. The van der Waals surface area contributed by atoms with Crippen LogP contribution in [0.4, 0.5) is 4.39 Å². The predicted molar refractivity (Wildman–Crippen MR) is 51.4 cm³/mol. The van der Waals surface area contributed by atoms with Crippen LogP contribution >= 0.6 is 0 Å². The van der Waals surface area contributed by atoms with Crippen molar-refractivity contribution < 1.29 is 24.3 Å². The molecule has 1 atom stereocenters. The largest absolute Gasteiger partial charge is 0.432 e. The first-order valence-electron chi connectivity index (χ1n) is 4.58. The van der Waals surface area contributed by atoms with Crippen LogP contribution in [0.1, 0.15) is 5.56 Å². The van der Waals surface area contributed by atoms with Crippen LogP contribution in [-0.2, 0) is 16.0 Å². The van der Waals surface area contributed by atoms with E-state index >= 15 is 0 Å². The van der Waals surface area contributed by atoms with Crippen LogP contribution in [0.3, 0.4) is 0 Å². The van der Waals surface area contributed by atoms with E-state index in [1.807, 2.05) is 0 Å². The first kappa shape index (κ1) is 12.6. The van der Waals surface area contributed by atoms with Gasteiger partial charge in [0.2, 0.25) is 6.86 Å². The summed E-state index contributed by atoms with van der Waals surface area (Å²) in [7, 11) is 0. The Morgan fingerprint density at radius 1 is 1.38 bits per heavy atom. The molecule has 0 aliphatic rings. The molecule has 0 amide bonds. The lowest BCUT2D eigenvalue weighted by Gasteiger charge is -2.18. The molecule has 1 aromatic rings. The highest BCUT2D eigenvalue weighted by atomic mass is 19.1. The molecule has 5 nitrogen and oxygen atoms in total. The van der Waals surface area contributed by atoms with E-state index in [1.165, 1.54) is 0 Å². The van der Waals surface area contributed by atoms with Crippen molar-refractivity contribution in [2.24, 2.45) is 0 Å². The summed E-state index contributed by atoms with van der Waals surface area (Å²) < 4.78 is 15.9. The number of halogens is 1. The average Bonchev–Trinajstić information content (AvgIpc) is 2.27. The molecule has 0 bridgehead atoms. The van der Waals surface area contributed by atoms with Gasteiger partial charge < -0.3 is 4.74 Å². The van der Waals surface area contributed by atoms with Gasteiger partial charge in [-0.15, -0.1) is 0 Å². The van der Waals surface area contributed by atoms with E-state index in [0.717, 1.165) is 0 Å². The molecule has 1 aromatic carbocycles. The molecule has 16 heavy (non-hydrogen) atoms. The summed E-state index contributed by atoms with van der Waals surface area (Å²) in [6.45, 7) is -1.29. The molecule has 1 rings (SSSR count). The first-order chi connectivity index (χ1) is 7.65. The molecule has 0 radical (unpaired) electrons. The maximum Gasteiger partial charge on any atom is 0.331 e. The number of carbonyl (C=O) groups excluding carboxylic acids is 1. The lowest BCUT2D eigenvalue weighted by molar-refractivity contribution is -0.328. The van der Waals surface area contributed by atoms with Gasteiger partial charge in [0.25, 0.3) is 0 Å². The minimum atomic E-state index is -1.34. The number of rotatable bonds is 5. The van der Waals surface area contributed by atoms with Gasteiger partial charge in [0.1, 0.15) is 0 Å². The minimum absolute atomic E-state index is 0.0205. The molecule has 88 valence electrons. The minimum Gasteiger partial charge on any atom is -0.432 e. The Kier molecular flexibility index (Phi) is 4.84. The number of hydrogen-bond acceptors (Lipinski definition) is 5. The van der Waals surface area contributed by atoms with Crippen LogP contribution < -0.4 is 0 Å². The second kappa shape index (κ2) is 6.16. The fourth-order valence-electron chi connectivity index (χ4n) is 1.25. The maximum atomic E-state index is 11.8. The number of carbonyl (C=O) groups is 1. The van der Waals surface area contributed by atoms with Gasteiger partial charge in [-0.3, -0.25) is 15.2 Å². The van der Waals surface area contributed by atoms with Gasteiger partial charge in [0.05, 0.1) is 0 Å². The fourth-order valence-corrected chi connectivity index (χ4v) is 1.25. The zero-order valence-electron chi connectivity index (χ0n) is 8.41. The zero-order valence-corrected chi connectivity index (χ0v) is 8.41.